The fourth-order valence-electron chi connectivity index (χ4n) is 3.86. The highest BCUT2D eigenvalue weighted by molar-refractivity contribution is 6.55. The number of halogens is 2. The second-order valence-electron chi connectivity index (χ2n) is 8.47. The number of nitrogens with one attached hydrogen (secondary N) is 2. The first-order valence-corrected chi connectivity index (χ1v) is 12.8. The number of hydrogen-bond acceptors (Lipinski definition) is 6. The number of rotatable bonds is 16. The second-order valence-corrected chi connectivity index (χ2v) is 9.22. The number of nitrogens with zero attached hydrogens (tertiary/aromatic N) is 2. The van der Waals surface area contributed by atoms with Crippen LogP contribution in [0.2, 0.25) is 0 Å². The van der Waals surface area contributed by atoms with Crippen LogP contribution in [0.15, 0.2) is 21.5 Å². The zero-order valence-corrected chi connectivity index (χ0v) is 22.2. The maximum absolute atomic E-state index is 12.9. The quantitative estimate of drug-likeness (QED) is 0.316. The van der Waals surface area contributed by atoms with Gasteiger partial charge in [-0.2, -0.15) is 0 Å². The van der Waals surface area contributed by atoms with Crippen molar-refractivity contribution in [3.63, 3.8) is 0 Å². The average molecular weight is 490 g/mol. The predicted octanol–water partition coefficient (Wildman–Crippen LogP) is 4.24. The Kier molecular flexibility index (Phi) is 13.5. The van der Waals surface area contributed by atoms with Gasteiger partial charge in [0.05, 0.1) is 0 Å². The van der Waals surface area contributed by atoms with Gasteiger partial charge in [0.15, 0.2) is 0 Å². The first-order valence-electron chi connectivity index (χ1n) is 12.1. The van der Waals surface area contributed by atoms with Crippen molar-refractivity contribution in [2.75, 3.05) is 39.3 Å². The van der Waals surface area contributed by atoms with Crippen LogP contribution in [0.4, 0.5) is 0 Å². The van der Waals surface area contributed by atoms with Crippen molar-refractivity contribution in [1.82, 2.24) is 20.4 Å². The van der Waals surface area contributed by atoms with E-state index in [2.05, 4.69) is 48.1 Å². The molecule has 0 fully saturated rings. The molecule has 0 saturated heterocycles. The van der Waals surface area contributed by atoms with Crippen LogP contribution < -0.4 is 10.6 Å². The van der Waals surface area contributed by atoms with Crippen LogP contribution in [0.1, 0.15) is 67.2 Å². The summed E-state index contributed by atoms with van der Waals surface area (Å²) in [6, 6.07) is 0.00748. The average Bonchev–Trinajstić information content (AvgIpc) is 2.78. The highest BCUT2D eigenvalue weighted by Crippen LogP contribution is 2.28. The molecule has 0 aliphatic heterocycles. The topological polar surface area (TPSA) is 64.7 Å². The zero-order valence-electron chi connectivity index (χ0n) is 20.7. The minimum absolute atomic E-state index is 0.00374. The minimum atomic E-state index is -0.426. The van der Waals surface area contributed by atoms with E-state index in [4.69, 9.17) is 23.2 Å². The van der Waals surface area contributed by atoms with E-state index in [1.165, 1.54) is 0 Å². The molecule has 1 rings (SSSR count). The second kappa shape index (κ2) is 14.9. The van der Waals surface area contributed by atoms with Gasteiger partial charge in [-0.1, -0.05) is 50.9 Å². The van der Waals surface area contributed by atoms with E-state index < -0.39 is 11.6 Å². The zero-order chi connectivity index (χ0) is 24.3. The number of carbonyl (C=O) groups is 2. The van der Waals surface area contributed by atoms with Crippen molar-refractivity contribution in [3.05, 3.63) is 21.5 Å². The molecule has 0 saturated carbocycles. The van der Waals surface area contributed by atoms with E-state index in [0.29, 0.717) is 0 Å². The van der Waals surface area contributed by atoms with Crippen molar-refractivity contribution >= 4 is 34.8 Å². The molecular weight excluding hydrogens is 447 g/mol. The van der Waals surface area contributed by atoms with Crippen molar-refractivity contribution in [2.24, 2.45) is 0 Å². The summed E-state index contributed by atoms with van der Waals surface area (Å²) in [7, 11) is 0. The molecule has 6 nitrogen and oxygen atoms in total. The normalized spacial score (nSPS) is 16.9. The molecule has 184 valence electrons. The third-order valence-electron chi connectivity index (χ3n) is 6.09. The van der Waals surface area contributed by atoms with Gasteiger partial charge in [0.1, 0.15) is 21.5 Å². The SMILES string of the molecule is CCN(CC)CCCC(C)NC1=C(Cl)C(=O)C(NC(C)CCCN(CC)CC)=C(Cl)C1=O. The molecule has 0 radical (unpaired) electrons. The molecule has 0 spiro atoms. The minimum Gasteiger partial charge on any atom is -0.378 e. The highest BCUT2D eigenvalue weighted by Gasteiger charge is 2.34. The van der Waals surface area contributed by atoms with Crippen molar-refractivity contribution in [1.29, 1.82) is 0 Å². The van der Waals surface area contributed by atoms with E-state index in [1.807, 2.05) is 13.8 Å². The molecule has 0 amide bonds. The van der Waals surface area contributed by atoms with Crippen molar-refractivity contribution < 1.29 is 9.59 Å². The Hall–Kier alpha value is -1.08. The van der Waals surface area contributed by atoms with Gasteiger partial charge in [0, 0.05) is 12.1 Å². The van der Waals surface area contributed by atoms with Crippen LogP contribution in [-0.4, -0.2) is 72.7 Å². The Morgan fingerprint density at radius 3 is 1.28 bits per heavy atom. The molecule has 2 unspecified atom stereocenters. The molecule has 1 aliphatic rings. The smallest absolute Gasteiger partial charge is 0.224 e. The first-order chi connectivity index (χ1) is 15.2. The summed E-state index contributed by atoms with van der Waals surface area (Å²) in [6.07, 6.45) is 3.71. The van der Waals surface area contributed by atoms with E-state index in [-0.39, 0.29) is 33.5 Å². The Balaban J connectivity index is 2.68. The third kappa shape index (κ3) is 8.69. The summed E-state index contributed by atoms with van der Waals surface area (Å²) in [4.78, 5) is 30.4. The molecule has 0 bridgehead atoms. The van der Waals surface area contributed by atoms with Gasteiger partial charge < -0.3 is 20.4 Å². The van der Waals surface area contributed by atoms with Gasteiger partial charge in [0.25, 0.3) is 0 Å². The lowest BCUT2D eigenvalue weighted by Gasteiger charge is -2.26. The Morgan fingerprint density at radius 2 is 1.00 bits per heavy atom. The van der Waals surface area contributed by atoms with Gasteiger partial charge in [-0.25, -0.2) is 0 Å². The predicted molar refractivity (Wildman–Crippen MR) is 135 cm³/mol. The lowest BCUT2D eigenvalue weighted by Crippen LogP contribution is -2.39. The highest BCUT2D eigenvalue weighted by atomic mass is 35.5. The fourth-order valence-corrected chi connectivity index (χ4v) is 4.33. The van der Waals surface area contributed by atoms with E-state index in [9.17, 15) is 9.59 Å². The number of carbonyl (C=O) groups excluding carboxylic acids is 2. The van der Waals surface area contributed by atoms with E-state index in [1.54, 1.807) is 0 Å². The van der Waals surface area contributed by atoms with Crippen LogP contribution in [-0.2, 0) is 9.59 Å². The van der Waals surface area contributed by atoms with Gasteiger partial charge in [0.2, 0.25) is 11.6 Å². The van der Waals surface area contributed by atoms with Crippen molar-refractivity contribution in [2.45, 2.75) is 79.3 Å². The Labute approximate surface area is 204 Å². The number of allylic oxidation sites excluding steroid dienone is 2. The van der Waals surface area contributed by atoms with E-state index >= 15 is 0 Å². The molecule has 2 N–H and O–H groups in total. The number of ketones is 2. The summed E-state index contributed by atoms with van der Waals surface area (Å²) >= 11 is 12.7. The molecule has 32 heavy (non-hydrogen) atoms. The summed E-state index contributed by atoms with van der Waals surface area (Å²) in [5.41, 5.74) is 0.216. The number of hydrogen-bond donors (Lipinski definition) is 2. The third-order valence-corrected chi connectivity index (χ3v) is 6.81. The fraction of sp³-hybridized carbons (Fsp3) is 0.750. The molecule has 2 atom stereocenters. The maximum atomic E-state index is 12.9. The summed E-state index contributed by atoms with van der Waals surface area (Å²) in [6.45, 7) is 18.6. The molecule has 0 aromatic carbocycles. The van der Waals surface area contributed by atoms with Gasteiger partial charge in [-0.3, -0.25) is 9.59 Å². The Morgan fingerprint density at radius 1 is 0.688 bits per heavy atom. The molecular formula is C24H42Cl2N4O2. The molecule has 0 heterocycles. The largest absolute Gasteiger partial charge is 0.378 e. The molecule has 0 aromatic heterocycles. The van der Waals surface area contributed by atoms with Crippen LogP contribution >= 0.6 is 23.2 Å². The van der Waals surface area contributed by atoms with Gasteiger partial charge in [-0.05, 0) is 78.8 Å². The standard InChI is InChI=1S/C24H42Cl2N4O2/c1-7-29(8-2)15-11-13-17(5)27-21-19(25)24(32)22(20(26)23(21)31)28-18(6)14-12-16-30(9-3)10-4/h17-18,27-28H,7-16H2,1-6H3. The molecule has 0 aromatic rings. The van der Waals surface area contributed by atoms with Crippen LogP contribution in [0.3, 0.4) is 0 Å². The van der Waals surface area contributed by atoms with Crippen LogP contribution in [0.5, 0.6) is 0 Å². The monoisotopic (exact) mass is 488 g/mol. The number of Topliss-reactive ketones (excluding diaryl/α,β-unsaturated/α-hetero) is 2. The van der Waals surface area contributed by atoms with Crippen LogP contribution in [0, 0.1) is 0 Å². The molecule has 1 aliphatic carbocycles. The Bertz CT molecular complexity index is 627. The van der Waals surface area contributed by atoms with E-state index in [0.717, 1.165) is 65.0 Å². The van der Waals surface area contributed by atoms with Gasteiger partial charge >= 0.3 is 0 Å². The lowest BCUT2D eigenvalue weighted by atomic mass is 10.0. The summed E-state index contributed by atoms with van der Waals surface area (Å²) < 4.78 is 0. The van der Waals surface area contributed by atoms with Gasteiger partial charge in [-0.15, -0.1) is 0 Å². The van der Waals surface area contributed by atoms with Crippen LogP contribution in [0.25, 0.3) is 0 Å². The maximum Gasteiger partial charge on any atom is 0.224 e. The lowest BCUT2D eigenvalue weighted by molar-refractivity contribution is -0.116. The summed E-state index contributed by atoms with van der Waals surface area (Å²) in [5.74, 6) is -0.852. The molecule has 8 heteroatoms. The first kappa shape index (κ1) is 29.0. The van der Waals surface area contributed by atoms with Crippen molar-refractivity contribution in [3.8, 4) is 0 Å². The summed E-state index contributed by atoms with van der Waals surface area (Å²) in [5, 5.41) is 6.08.